The van der Waals surface area contributed by atoms with Gasteiger partial charge in [0.1, 0.15) is 0 Å². The van der Waals surface area contributed by atoms with Crippen molar-refractivity contribution in [2.45, 2.75) is 33.1 Å². The summed E-state index contributed by atoms with van der Waals surface area (Å²) in [7, 11) is 0. The van der Waals surface area contributed by atoms with Gasteiger partial charge in [-0.15, -0.1) is 11.3 Å². The van der Waals surface area contributed by atoms with E-state index in [1.54, 1.807) is 11.3 Å². The van der Waals surface area contributed by atoms with Gasteiger partial charge in [-0.1, -0.05) is 31.9 Å². The van der Waals surface area contributed by atoms with Gasteiger partial charge in [-0.3, -0.25) is 0 Å². The highest BCUT2D eigenvalue weighted by molar-refractivity contribution is 7.09. The van der Waals surface area contributed by atoms with Crippen LogP contribution in [-0.4, -0.2) is 11.5 Å². The number of benzene rings is 1. The predicted molar refractivity (Wildman–Crippen MR) is 80.3 cm³/mol. The lowest BCUT2D eigenvalue weighted by atomic mass is 10.1. The van der Waals surface area contributed by atoms with Crippen LogP contribution in [0.1, 0.15) is 31.2 Å². The summed E-state index contributed by atoms with van der Waals surface area (Å²) in [5, 5.41) is 6.67. The first-order chi connectivity index (χ1) is 8.79. The molecule has 1 aromatic heterocycles. The van der Waals surface area contributed by atoms with Crippen LogP contribution >= 0.6 is 11.3 Å². The van der Waals surface area contributed by atoms with Gasteiger partial charge in [-0.2, -0.15) is 0 Å². The van der Waals surface area contributed by atoms with Gasteiger partial charge in [0.15, 0.2) is 0 Å². The Hall–Kier alpha value is -1.35. The molecule has 0 bridgehead atoms. The van der Waals surface area contributed by atoms with E-state index in [0.29, 0.717) is 0 Å². The standard InChI is InChI=1S/C15H20N2S/c1-3-4-5-10-16-14-8-6-13(7-9-14)15-11-18-12(2)17-15/h6-9,11,16H,3-5,10H2,1-2H3. The van der Waals surface area contributed by atoms with Crippen molar-refractivity contribution in [1.82, 2.24) is 4.98 Å². The Labute approximate surface area is 113 Å². The molecule has 96 valence electrons. The second kappa shape index (κ2) is 6.55. The summed E-state index contributed by atoms with van der Waals surface area (Å²) in [6, 6.07) is 8.54. The van der Waals surface area contributed by atoms with Crippen LogP contribution in [0.25, 0.3) is 11.3 Å². The minimum atomic E-state index is 1.06. The lowest BCUT2D eigenvalue weighted by molar-refractivity contribution is 0.744. The molecule has 0 aliphatic rings. The van der Waals surface area contributed by atoms with Gasteiger partial charge >= 0.3 is 0 Å². The molecule has 0 aliphatic heterocycles. The van der Waals surface area contributed by atoms with Crippen molar-refractivity contribution in [3.63, 3.8) is 0 Å². The number of aromatic nitrogens is 1. The van der Waals surface area contributed by atoms with Crippen LogP contribution in [0.4, 0.5) is 5.69 Å². The van der Waals surface area contributed by atoms with Crippen molar-refractivity contribution in [1.29, 1.82) is 0 Å². The van der Waals surface area contributed by atoms with Crippen molar-refractivity contribution in [3.8, 4) is 11.3 Å². The number of anilines is 1. The average Bonchev–Trinajstić information content (AvgIpc) is 2.82. The summed E-state index contributed by atoms with van der Waals surface area (Å²) < 4.78 is 0. The van der Waals surface area contributed by atoms with Gasteiger partial charge < -0.3 is 5.32 Å². The fraction of sp³-hybridized carbons (Fsp3) is 0.400. The monoisotopic (exact) mass is 260 g/mol. The Kier molecular flexibility index (Phi) is 4.76. The molecule has 0 saturated carbocycles. The summed E-state index contributed by atoms with van der Waals surface area (Å²) in [4.78, 5) is 4.50. The van der Waals surface area contributed by atoms with Crippen LogP contribution in [0.2, 0.25) is 0 Å². The third-order valence-electron chi connectivity index (χ3n) is 2.91. The molecule has 0 fully saturated rings. The van der Waals surface area contributed by atoms with Gasteiger partial charge in [0.05, 0.1) is 10.7 Å². The first kappa shape index (κ1) is 13.1. The summed E-state index contributed by atoms with van der Waals surface area (Å²) in [6.45, 7) is 5.32. The third kappa shape index (κ3) is 3.57. The molecule has 1 N–H and O–H groups in total. The maximum atomic E-state index is 4.50. The molecular formula is C15H20N2S. The maximum absolute atomic E-state index is 4.50. The Balaban J connectivity index is 1.93. The summed E-state index contributed by atoms with van der Waals surface area (Å²) in [5.41, 5.74) is 3.47. The molecular weight excluding hydrogens is 240 g/mol. The normalized spacial score (nSPS) is 10.6. The number of unbranched alkanes of at least 4 members (excludes halogenated alkanes) is 2. The highest BCUT2D eigenvalue weighted by Crippen LogP contribution is 2.23. The van der Waals surface area contributed by atoms with E-state index in [0.717, 1.165) is 17.2 Å². The molecule has 2 aromatic rings. The molecule has 0 aliphatic carbocycles. The number of nitrogens with one attached hydrogen (secondary N) is 1. The topological polar surface area (TPSA) is 24.9 Å². The van der Waals surface area contributed by atoms with Crippen LogP contribution in [-0.2, 0) is 0 Å². The molecule has 0 saturated heterocycles. The van der Waals surface area contributed by atoms with E-state index in [-0.39, 0.29) is 0 Å². The van der Waals surface area contributed by atoms with Crippen molar-refractivity contribution < 1.29 is 0 Å². The third-order valence-corrected chi connectivity index (χ3v) is 3.68. The van der Waals surface area contributed by atoms with Gasteiger partial charge in [0, 0.05) is 23.2 Å². The second-order valence-electron chi connectivity index (χ2n) is 4.46. The minimum Gasteiger partial charge on any atom is -0.385 e. The van der Waals surface area contributed by atoms with E-state index in [1.807, 2.05) is 6.92 Å². The molecule has 18 heavy (non-hydrogen) atoms. The molecule has 0 radical (unpaired) electrons. The molecule has 0 amide bonds. The Morgan fingerprint density at radius 3 is 2.56 bits per heavy atom. The number of thiazole rings is 1. The van der Waals surface area contributed by atoms with E-state index in [1.165, 1.54) is 30.5 Å². The quantitative estimate of drug-likeness (QED) is 0.760. The zero-order valence-corrected chi connectivity index (χ0v) is 11.9. The Bertz CT molecular complexity index is 473. The molecule has 0 spiro atoms. The number of aryl methyl sites for hydroxylation is 1. The van der Waals surface area contributed by atoms with Crippen LogP contribution in [0, 0.1) is 6.92 Å². The minimum absolute atomic E-state index is 1.06. The van der Waals surface area contributed by atoms with Crippen LogP contribution in [0.5, 0.6) is 0 Å². The SMILES string of the molecule is CCCCCNc1ccc(-c2csc(C)n2)cc1. The first-order valence-electron chi connectivity index (χ1n) is 6.56. The van der Waals surface area contributed by atoms with Crippen LogP contribution in [0.3, 0.4) is 0 Å². The zero-order valence-electron chi connectivity index (χ0n) is 11.1. The van der Waals surface area contributed by atoms with Crippen LogP contribution < -0.4 is 5.32 Å². The van der Waals surface area contributed by atoms with Crippen molar-refractivity contribution in [2.75, 3.05) is 11.9 Å². The molecule has 0 unspecified atom stereocenters. The largest absolute Gasteiger partial charge is 0.385 e. The molecule has 2 rings (SSSR count). The van der Waals surface area contributed by atoms with Crippen molar-refractivity contribution in [3.05, 3.63) is 34.7 Å². The van der Waals surface area contributed by atoms with Crippen LogP contribution in [0.15, 0.2) is 29.6 Å². The number of hydrogen-bond acceptors (Lipinski definition) is 3. The van der Waals surface area contributed by atoms with Gasteiger partial charge in [0.2, 0.25) is 0 Å². The average molecular weight is 260 g/mol. The molecule has 1 aromatic carbocycles. The van der Waals surface area contributed by atoms with Gasteiger partial charge in [0.25, 0.3) is 0 Å². The maximum Gasteiger partial charge on any atom is 0.0901 e. The van der Waals surface area contributed by atoms with Crippen molar-refractivity contribution in [2.24, 2.45) is 0 Å². The van der Waals surface area contributed by atoms with E-state index >= 15 is 0 Å². The first-order valence-corrected chi connectivity index (χ1v) is 7.44. The molecule has 2 nitrogen and oxygen atoms in total. The highest BCUT2D eigenvalue weighted by Gasteiger charge is 2.01. The number of hydrogen-bond donors (Lipinski definition) is 1. The van der Waals surface area contributed by atoms with E-state index in [9.17, 15) is 0 Å². The smallest absolute Gasteiger partial charge is 0.0901 e. The van der Waals surface area contributed by atoms with E-state index in [4.69, 9.17) is 0 Å². The lowest BCUT2D eigenvalue weighted by Gasteiger charge is -2.06. The van der Waals surface area contributed by atoms with E-state index < -0.39 is 0 Å². The van der Waals surface area contributed by atoms with E-state index in [2.05, 4.69) is 46.9 Å². The Morgan fingerprint density at radius 1 is 1.17 bits per heavy atom. The number of nitrogens with zero attached hydrogens (tertiary/aromatic N) is 1. The fourth-order valence-corrected chi connectivity index (χ4v) is 2.48. The lowest BCUT2D eigenvalue weighted by Crippen LogP contribution is -2.00. The highest BCUT2D eigenvalue weighted by atomic mass is 32.1. The molecule has 3 heteroatoms. The summed E-state index contributed by atoms with van der Waals surface area (Å²) in [5.74, 6) is 0. The van der Waals surface area contributed by atoms with Crippen molar-refractivity contribution >= 4 is 17.0 Å². The van der Waals surface area contributed by atoms with Gasteiger partial charge in [-0.05, 0) is 25.5 Å². The second-order valence-corrected chi connectivity index (χ2v) is 5.53. The number of rotatable bonds is 6. The Morgan fingerprint density at radius 2 is 1.94 bits per heavy atom. The van der Waals surface area contributed by atoms with Gasteiger partial charge in [-0.25, -0.2) is 4.98 Å². The summed E-state index contributed by atoms with van der Waals surface area (Å²) in [6.07, 6.45) is 3.80. The predicted octanol–water partition coefficient (Wildman–Crippen LogP) is 4.72. The summed E-state index contributed by atoms with van der Waals surface area (Å²) >= 11 is 1.70. The fourth-order valence-electron chi connectivity index (χ4n) is 1.86. The zero-order chi connectivity index (χ0) is 12.8. The molecule has 0 atom stereocenters. The molecule has 1 heterocycles.